The maximum absolute atomic E-state index is 11.5. The molecule has 1 heterocycles. The van der Waals surface area contributed by atoms with Crippen molar-refractivity contribution in [2.75, 3.05) is 19.8 Å². The highest BCUT2D eigenvalue weighted by Crippen LogP contribution is 2.11. The summed E-state index contributed by atoms with van der Waals surface area (Å²) < 4.78 is 5.27. The number of aliphatic hydroxyl groups excluding tert-OH is 1. The van der Waals surface area contributed by atoms with E-state index in [9.17, 15) is 4.79 Å². The van der Waals surface area contributed by atoms with Crippen LogP contribution in [0.1, 0.15) is 38.5 Å². The predicted molar refractivity (Wildman–Crippen MR) is 57.5 cm³/mol. The summed E-state index contributed by atoms with van der Waals surface area (Å²) in [7, 11) is 0. The highest BCUT2D eigenvalue weighted by Gasteiger charge is 2.22. The van der Waals surface area contributed by atoms with E-state index in [0.717, 1.165) is 45.1 Å². The van der Waals surface area contributed by atoms with Gasteiger partial charge < -0.3 is 15.2 Å². The Kier molecular flexibility index (Phi) is 6.36. The first kappa shape index (κ1) is 12.5. The van der Waals surface area contributed by atoms with Crippen LogP contribution in [-0.4, -0.2) is 36.9 Å². The highest BCUT2D eigenvalue weighted by molar-refractivity contribution is 5.80. The zero-order chi connectivity index (χ0) is 10.9. The van der Waals surface area contributed by atoms with Gasteiger partial charge in [-0.1, -0.05) is 12.8 Å². The van der Waals surface area contributed by atoms with Crippen LogP contribution in [0.3, 0.4) is 0 Å². The summed E-state index contributed by atoms with van der Waals surface area (Å²) in [5.41, 5.74) is 0. The van der Waals surface area contributed by atoms with Crippen molar-refractivity contribution in [3.8, 4) is 0 Å². The predicted octanol–water partition coefficient (Wildman–Crippen LogP) is 0.834. The van der Waals surface area contributed by atoms with Crippen molar-refractivity contribution in [2.45, 2.75) is 44.6 Å². The van der Waals surface area contributed by atoms with Crippen LogP contribution in [0, 0.1) is 0 Å². The van der Waals surface area contributed by atoms with Gasteiger partial charge in [-0.25, -0.2) is 0 Å². The normalized spacial score (nSPS) is 20.5. The fourth-order valence-electron chi connectivity index (χ4n) is 1.70. The standard InChI is InChI=1S/C11H21NO3/c13-8-4-2-1-3-7-12-11(14)10-6-5-9-15-10/h10,13H,1-9H2,(H,12,14). The number of ether oxygens (including phenoxy) is 1. The van der Waals surface area contributed by atoms with E-state index >= 15 is 0 Å². The molecule has 1 amide bonds. The van der Waals surface area contributed by atoms with Crippen LogP contribution in [0.2, 0.25) is 0 Å². The van der Waals surface area contributed by atoms with Crippen molar-refractivity contribution in [2.24, 2.45) is 0 Å². The van der Waals surface area contributed by atoms with Gasteiger partial charge in [0.25, 0.3) is 0 Å². The quantitative estimate of drug-likeness (QED) is 0.619. The molecule has 88 valence electrons. The Morgan fingerprint density at radius 3 is 2.80 bits per heavy atom. The molecule has 4 nitrogen and oxygen atoms in total. The summed E-state index contributed by atoms with van der Waals surface area (Å²) >= 11 is 0. The molecule has 1 fully saturated rings. The lowest BCUT2D eigenvalue weighted by Crippen LogP contribution is -2.34. The molecule has 0 bridgehead atoms. The number of carbonyl (C=O) groups is 1. The number of aliphatic hydroxyl groups is 1. The lowest BCUT2D eigenvalue weighted by molar-refractivity contribution is -0.130. The molecule has 0 aromatic rings. The molecule has 0 spiro atoms. The van der Waals surface area contributed by atoms with Gasteiger partial charge in [-0.05, 0) is 25.7 Å². The molecule has 0 aliphatic carbocycles. The van der Waals surface area contributed by atoms with E-state index in [1.165, 1.54) is 0 Å². The lowest BCUT2D eigenvalue weighted by atomic mass is 10.2. The molecule has 0 aromatic carbocycles. The van der Waals surface area contributed by atoms with Gasteiger partial charge in [-0.2, -0.15) is 0 Å². The Morgan fingerprint density at radius 1 is 1.33 bits per heavy atom. The third-order valence-electron chi connectivity index (χ3n) is 2.61. The van der Waals surface area contributed by atoms with Crippen LogP contribution < -0.4 is 5.32 Å². The average Bonchev–Trinajstić information content (AvgIpc) is 2.76. The zero-order valence-corrected chi connectivity index (χ0v) is 9.21. The lowest BCUT2D eigenvalue weighted by Gasteiger charge is -2.09. The second-order valence-corrected chi connectivity index (χ2v) is 3.93. The average molecular weight is 215 g/mol. The second-order valence-electron chi connectivity index (χ2n) is 3.93. The molecule has 2 N–H and O–H groups in total. The molecule has 1 atom stereocenters. The summed E-state index contributed by atoms with van der Waals surface area (Å²) in [6, 6.07) is 0. The second kappa shape index (κ2) is 7.65. The van der Waals surface area contributed by atoms with Gasteiger partial charge in [-0.15, -0.1) is 0 Å². The largest absolute Gasteiger partial charge is 0.396 e. The molecule has 1 aliphatic heterocycles. The highest BCUT2D eigenvalue weighted by atomic mass is 16.5. The van der Waals surface area contributed by atoms with Crippen LogP contribution in [0.5, 0.6) is 0 Å². The Morgan fingerprint density at radius 2 is 2.13 bits per heavy atom. The first-order chi connectivity index (χ1) is 7.34. The number of amides is 1. The van der Waals surface area contributed by atoms with Crippen molar-refractivity contribution in [3.05, 3.63) is 0 Å². The van der Waals surface area contributed by atoms with E-state index in [4.69, 9.17) is 9.84 Å². The van der Waals surface area contributed by atoms with Crippen LogP contribution in [0.15, 0.2) is 0 Å². The molecule has 15 heavy (non-hydrogen) atoms. The number of rotatable bonds is 7. The summed E-state index contributed by atoms with van der Waals surface area (Å²) in [4.78, 5) is 11.5. The molecule has 4 heteroatoms. The number of unbranched alkanes of at least 4 members (excludes halogenated alkanes) is 3. The molecule has 1 unspecified atom stereocenters. The van der Waals surface area contributed by atoms with E-state index in [1.54, 1.807) is 0 Å². The Bertz CT molecular complexity index is 179. The fraction of sp³-hybridized carbons (Fsp3) is 0.909. The maximum atomic E-state index is 11.5. The van der Waals surface area contributed by atoms with Crippen LogP contribution in [0.25, 0.3) is 0 Å². The number of carbonyl (C=O) groups excluding carboxylic acids is 1. The molecule has 1 rings (SSSR count). The van der Waals surface area contributed by atoms with E-state index in [2.05, 4.69) is 5.32 Å². The molecule has 0 radical (unpaired) electrons. The van der Waals surface area contributed by atoms with Crippen LogP contribution in [0.4, 0.5) is 0 Å². The topological polar surface area (TPSA) is 58.6 Å². The minimum Gasteiger partial charge on any atom is -0.396 e. The minimum absolute atomic E-state index is 0.0367. The van der Waals surface area contributed by atoms with Crippen molar-refractivity contribution in [1.82, 2.24) is 5.32 Å². The van der Waals surface area contributed by atoms with Crippen molar-refractivity contribution in [3.63, 3.8) is 0 Å². The summed E-state index contributed by atoms with van der Waals surface area (Å²) in [5, 5.41) is 11.4. The smallest absolute Gasteiger partial charge is 0.249 e. The summed E-state index contributed by atoms with van der Waals surface area (Å²) in [6.07, 6.45) is 5.59. The Labute approximate surface area is 91.0 Å². The zero-order valence-electron chi connectivity index (χ0n) is 9.21. The summed E-state index contributed by atoms with van der Waals surface area (Å²) in [5.74, 6) is 0.0367. The van der Waals surface area contributed by atoms with Crippen molar-refractivity contribution in [1.29, 1.82) is 0 Å². The molecular formula is C11H21NO3. The van der Waals surface area contributed by atoms with Gasteiger partial charge in [-0.3, -0.25) is 4.79 Å². The van der Waals surface area contributed by atoms with Gasteiger partial charge in [0.1, 0.15) is 6.10 Å². The maximum Gasteiger partial charge on any atom is 0.249 e. The van der Waals surface area contributed by atoms with Crippen molar-refractivity contribution < 1.29 is 14.6 Å². The third-order valence-corrected chi connectivity index (χ3v) is 2.61. The van der Waals surface area contributed by atoms with Crippen LogP contribution >= 0.6 is 0 Å². The van der Waals surface area contributed by atoms with E-state index in [-0.39, 0.29) is 18.6 Å². The van der Waals surface area contributed by atoms with E-state index < -0.39 is 0 Å². The van der Waals surface area contributed by atoms with Gasteiger partial charge in [0.15, 0.2) is 0 Å². The number of hydrogen-bond donors (Lipinski definition) is 2. The van der Waals surface area contributed by atoms with Gasteiger partial charge >= 0.3 is 0 Å². The first-order valence-electron chi connectivity index (χ1n) is 5.85. The van der Waals surface area contributed by atoms with Crippen LogP contribution in [-0.2, 0) is 9.53 Å². The Hall–Kier alpha value is -0.610. The minimum atomic E-state index is -0.206. The molecule has 1 aliphatic rings. The molecule has 0 saturated carbocycles. The number of nitrogens with one attached hydrogen (secondary N) is 1. The SMILES string of the molecule is O=C(NCCCCCCO)C1CCCO1. The Balaban J connectivity index is 1.92. The third kappa shape index (κ3) is 5.14. The van der Waals surface area contributed by atoms with Gasteiger partial charge in [0.2, 0.25) is 5.91 Å². The van der Waals surface area contributed by atoms with E-state index in [0.29, 0.717) is 6.61 Å². The molecule has 1 saturated heterocycles. The summed E-state index contributed by atoms with van der Waals surface area (Å²) in [6.45, 7) is 1.71. The first-order valence-corrected chi connectivity index (χ1v) is 5.85. The van der Waals surface area contributed by atoms with Crippen molar-refractivity contribution >= 4 is 5.91 Å². The molecular weight excluding hydrogens is 194 g/mol. The van der Waals surface area contributed by atoms with Gasteiger partial charge in [0, 0.05) is 19.8 Å². The van der Waals surface area contributed by atoms with E-state index in [1.807, 2.05) is 0 Å². The molecule has 0 aromatic heterocycles. The number of hydrogen-bond acceptors (Lipinski definition) is 3. The monoisotopic (exact) mass is 215 g/mol. The van der Waals surface area contributed by atoms with Gasteiger partial charge in [0.05, 0.1) is 0 Å². The fourth-order valence-corrected chi connectivity index (χ4v) is 1.70.